The number of hydrogen-bond donors (Lipinski definition) is 0. The molecule has 146 valence electrons. The van der Waals surface area contributed by atoms with Crippen molar-refractivity contribution >= 4 is 22.4 Å². The molecule has 3 heterocycles. The van der Waals surface area contributed by atoms with Crippen molar-refractivity contribution in [1.29, 1.82) is 0 Å². The summed E-state index contributed by atoms with van der Waals surface area (Å²) in [6.45, 7) is 1.72. The average molecular weight is 395 g/mol. The van der Waals surface area contributed by atoms with Crippen LogP contribution in [0.4, 0.5) is 10.2 Å². The van der Waals surface area contributed by atoms with Crippen molar-refractivity contribution in [3.05, 3.63) is 89.7 Å². The summed E-state index contributed by atoms with van der Waals surface area (Å²) < 4.78 is 15.2. The predicted molar refractivity (Wildman–Crippen MR) is 115 cm³/mol. The van der Waals surface area contributed by atoms with E-state index in [2.05, 4.69) is 45.5 Å². The Bertz CT molecular complexity index is 1390. The van der Waals surface area contributed by atoms with Crippen molar-refractivity contribution in [2.24, 2.45) is 0 Å². The summed E-state index contributed by atoms with van der Waals surface area (Å²) in [5.74, 6) is 0.652. The lowest BCUT2D eigenvalue weighted by atomic mass is 9.99. The molecule has 0 radical (unpaired) electrons. The normalized spacial score (nSPS) is 13.7. The van der Waals surface area contributed by atoms with Crippen LogP contribution in [0.5, 0.6) is 0 Å². The molecule has 2 aromatic heterocycles. The second-order valence-corrected chi connectivity index (χ2v) is 7.57. The van der Waals surface area contributed by atoms with Crippen LogP contribution in [0.3, 0.4) is 0 Å². The molecule has 0 unspecified atom stereocenters. The summed E-state index contributed by atoms with van der Waals surface area (Å²) in [6, 6.07) is 23.0. The Balaban J connectivity index is 1.56. The highest BCUT2D eigenvalue weighted by Crippen LogP contribution is 2.32. The van der Waals surface area contributed by atoms with Crippen LogP contribution in [0.2, 0.25) is 0 Å². The number of fused-ring (bicyclic) bond motifs is 4. The Hall–Kier alpha value is -3.80. The molecule has 0 saturated heterocycles. The summed E-state index contributed by atoms with van der Waals surface area (Å²) >= 11 is 0. The first-order valence-electron chi connectivity index (χ1n) is 10.00. The lowest BCUT2D eigenvalue weighted by Crippen LogP contribution is -2.31. The minimum Gasteiger partial charge on any atom is -0.351 e. The molecule has 0 N–H and O–H groups in total. The monoisotopic (exact) mass is 395 g/mol. The first-order valence-corrected chi connectivity index (χ1v) is 10.00. The molecular weight excluding hydrogens is 377 g/mol. The number of aromatic nitrogens is 4. The molecule has 0 spiro atoms. The Kier molecular flexibility index (Phi) is 3.77. The molecule has 0 aliphatic carbocycles. The van der Waals surface area contributed by atoms with E-state index < -0.39 is 0 Å². The van der Waals surface area contributed by atoms with Gasteiger partial charge in [-0.3, -0.25) is 0 Å². The fraction of sp³-hybridized carbons (Fsp3) is 0.125. The van der Waals surface area contributed by atoms with Gasteiger partial charge in [0, 0.05) is 24.0 Å². The summed E-state index contributed by atoms with van der Waals surface area (Å²) in [6.07, 6.45) is 0.986. The Morgan fingerprint density at radius 3 is 2.47 bits per heavy atom. The zero-order chi connectivity index (χ0) is 20.1. The van der Waals surface area contributed by atoms with Gasteiger partial charge in [-0.25, -0.2) is 9.37 Å². The zero-order valence-electron chi connectivity index (χ0n) is 16.2. The largest absolute Gasteiger partial charge is 0.351 e. The molecule has 1 aliphatic rings. The summed E-state index contributed by atoms with van der Waals surface area (Å²) in [5, 5.41) is 9.78. The molecule has 0 atom stereocenters. The molecule has 5 nitrogen and oxygen atoms in total. The summed E-state index contributed by atoms with van der Waals surface area (Å²) in [7, 11) is 0. The van der Waals surface area contributed by atoms with Crippen LogP contribution in [0.15, 0.2) is 72.8 Å². The minimum absolute atomic E-state index is 0.277. The van der Waals surface area contributed by atoms with Gasteiger partial charge in [-0.2, -0.15) is 4.52 Å². The quantitative estimate of drug-likeness (QED) is 0.437. The molecule has 0 fully saturated rings. The van der Waals surface area contributed by atoms with E-state index in [1.807, 2.05) is 18.2 Å². The average Bonchev–Trinajstić information content (AvgIpc) is 3.23. The highest BCUT2D eigenvalue weighted by molar-refractivity contribution is 5.93. The number of rotatable bonds is 2. The van der Waals surface area contributed by atoms with E-state index in [1.165, 1.54) is 23.3 Å². The van der Waals surface area contributed by atoms with E-state index in [4.69, 9.17) is 4.98 Å². The van der Waals surface area contributed by atoms with Crippen molar-refractivity contribution in [2.75, 3.05) is 11.4 Å². The molecule has 6 heteroatoms. The first kappa shape index (κ1) is 17.1. The number of para-hydroxylation sites is 1. The van der Waals surface area contributed by atoms with Crippen LogP contribution in [-0.2, 0) is 13.0 Å². The molecule has 6 rings (SSSR count). The topological polar surface area (TPSA) is 46.3 Å². The van der Waals surface area contributed by atoms with Gasteiger partial charge in [0.05, 0.1) is 5.52 Å². The van der Waals surface area contributed by atoms with Gasteiger partial charge in [0.15, 0.2) is 5.65 Å². The third-order valence-corrected chi connectivity index (χ3v) is 5.78. The zero-order valence-corrected chi connectivity index (χ0v) is 16.2. The van der Waals surface area contributed by atoms with Crippen molar-refractivity contribution in [2.45, 2.75) is 13.0 Å². The minimum atomic E-state index is -0.277. The van der Waals surface area contributed by atoms with Crippen molar-refractivity contribution < 1.29 is 4.39 Å². The molecule has 30 heavy (non-hydrogen) atoms. The molecule has 5 aromatic rings. The number of halogens is 1. The standard InChI is InChI=1S/C24H18FN5/c25-19-11-9-17(10-12-19)22-24-26-23(20-7-3-4-8-21(20)30(24)28-27-22)29-14-13-16-5-1-2-6-18(16)15-29/h1-12H,13-15H2. The van der Waals surface area contributed by atoms with Gasteiger partial charge in [0.2, 0.25) is 0 Å². The fourth-order valence-electron chi connectivity index (χ4n) is 4.26. The van der Waals surface area contributed by atoms with Crippen LogP contribution < -0.4 is 4.90 Å². The Morgan fingerprint density at radius 1 is 0.833 bits per heavy atom. The molecular formula is C24H18FN5. The number of benzene rings is 3. The SMILES string of the molecule is Fc1ccc(-c2nnn3c2nc(N2CCc4ccccc4C2)c2ccccc23)cc1. The van der Waals surface area contributed by atoms with Crippen molar-refractivity contribution in [1.82, 2.24) is 19.8 Å². The lowest BCUT2D eigenvalue weighted by Gasteiger charge is -2.30. The number of hydrogen-bond acceptors (Lipinski definition) is 4. The second kappa shape index (κ2) is 6.62. The summed E-state index contributed by atoms with van der Waals surface area (Å²) in [4.78, 5) is 7.35. The van der Waals surface area contributed by atoms with E-state index in [1.54, 1.807) is 16.6 Å². The van der Waals surface area contributed by atoms with E-state index in [-0.39, 0.29) is 5.82 Å². The van der Waals surface area contributed by atoms with Gasteiger partial charge in [-0.05, 0) is 53.9 Å². The molecule has 1 aliphatic heterocycles. The predicted octanol–water partition coefficient (Wildman–Crippen LogP) is 4.65. The summed E-state index contributed by atoms with van der Waals surface area (Å²) in [5.41, 5.74) is 5.81. The number of anilines is 1. The van der Waals surface area contributed by atoms with Crippen LogP contribution >= 0.6 is 0 Å². The third kappa shape index (κ3) is 2.64. The van der Waals surface area contributed by atoms with Crippen LogP contribution in [0.1, 0.15) is 11.1 Å². The van der Waals surface area contributed by atoms with Gasteiger partial charge in [0.1, 0.15) is 17.3 Å². The maximum Gasteiger partial charge on any atom is 0.186 e. The maximum atomic E-state index is 13.4. The second-order valence-electron chi connectivity index (χ2n) is 7.57. The smallest absolute Gasteiger partial charge is 0.186 e. The first-order chi connectivity index (χ1) is 14.8. The van der Waals surface area contributed by atoms with Crippen LogP contribution in [0.25, 0.3) is 27.8 Å². The van der Waals surface area contributed by atoms with Crippen LogP contribution in [-0.4, -0.2) is 26.4 Å². The van der Waals surface area contributed by atoms with Crippen molar-refractivity contribution in [3.63, 3.8) is 0 Å². The van der Waals surface area contributed by atoms with E-state index in [9.17, 15) is 4.39 Å². The van der Waals surface area contributed by atoms with Gasteiger partial charge in [-0.1, -0.05) is 41.6 Å². The van der Waals surface area contributed by atoms with E-state index in [0.717, 1.165) is 41.8 Å². The Labute approximate surface area is 172 Å². The highest BCUT2D eigenvalue weighted by atomic mass is 19.1. The van der Waals surface area contributed by atoms with Gasteiger partial charge in [0.25, 0.3) is 0 Å². The van der Waals surface area contributed by atoms with Gasteiger partial charge < -0.3 is 4.90 Å². The fourth-order valence-corrected chi connectivity index (χ4v) is 4.26. The van der Waals surface area contributed by atoms with E-state index in [0.29, 0.717) is 11.3 Å². The highest BCUT2D eigenvalue weighted by Gasteiger charge is 2.22. The Morgan fingerprint density at radius 2 is 1.60 bits per heavy atom. The lowest BCUT2D eigenvalue weighted by molar-refractivity contribution is 0.628. The molecule has 0 amide bonds. The van der Waals surface area contributed by atoms with Gasteiger partial charge >= 0.3 is 0 Å². The maximum absolute atomic E-state index is 13.4. The number of nitrogens with zero attached hydrogens (tertiary/aromatic N) is 5. The van der Waals surface area contributed by atoms with Crippen LogP contribution in [0, 0.1) is 5.82 Å². The van der Waals surface area contributed by atoms with Gasteiger partial charge in [-0.15, -0.1) is 5.10 Å². The molecule has 3 aromatic carbocycles. The van der Waals surface area contributed by atoms with Crippen molar-refractivity contribution in [3.8, 4) is 11.3 Å². The van der Waals surface area contributed by atoms with E-state index >= 15 is 0 Å². The molecule has 0 saturated carbocycles. The molecule has 0 bridgehead atoms. The third-order valence-electron chi connectivity index (χ3n) is 5.78.